The third-order valence-corrected chi connectivity index (χ3v) is 5.83. The van der Waals surface area contributed by atoms with Crippen molar-refractivity contribution in [3.8, 4) is 5.75 Å². The second kappa shape index (κ2) is 7.44. The van der Waals surface area contributed by atoms with E-state index in [1.807, 2.05) is 42.5 Å². The number of fused-ring (bicyclic) bond motifs is 3. The van der Waals surface area contributed by atoms with Crippen molar-refractivity contribution in [1.82, 2.24) is 0 Å². The SMILES string of the molecule is O=C1N(CCCOc2ccc3ccccc3c2)c2ccc(Br)cc2C12OCCO2. The molecule has 0 radical (unpaired) electrons. The monoisotopic (exact) mass is 453 g/mol. The minimum atomic E-state index is -1.29. The van der Waals surface area contributed by atoms with E-state index in [0.717, 1.165) is 26.9 Å². The lowest BCUT2D eigenvalue weighted by molar-refractivity contribution is -0.180. The summed E-state index contributed by atoms with van der Waals surface area (Å²) in [7, 11) is 0. The van der Waals surface area contributed by atoms with Gasteiger partial charge in [0.25, 0.3) is 11.7 Å². The van der Waals surface area contributed by atoms with Gasteiger partial charge in [0, 0.05) is 16.6 Å². The molecule has 1 amide bonds. The maximum atomic E-state index is 13.1. The molecule has 148 valence electrons. The molecule has 0 bridgehead atoms. The lowest BCUT2D eigenvalue weighted by Crippen LogP contribution is -2.41. The molecule has 1 fully saturated rings. The zero-order valence-corrected chi connectivity index (χ0v) is 17.4. The summed E-state index contributed by atoms with van der Waals surface area (Å²) in [6.45, 7) is 1.88. The van der Waals surface area contributed by atoms with Crippen LogP contribution < -0.4 is 9.64 Å². The number of carbonyl (C=O) groups excluding carboxylic acids is 1. The Morgan fingerprint density at radius 1 is 1.00 bits per heavy atom. The molecule has 1 spiro atoms. The van der Waals surface area contributed by atoms with Crippen molar-refractivity contribution in [1.29, 1.82) is 0 Å². The van der Waals surface area contributed by atoms with Crippen LogP contribution in [0.25, 0.3) is 10.8 Å². The molecule has 0 saturated carbocycles. The molecule has 0 unspecified atom stereocenters. The Bertz CT molecular complexity index is 1080. The highest BCUT2D eigenvalue weighted by atomic mass is 79.9. The fourth-order valence-electron chi connectivity index (χ4n) is 3.99. The molecule has 3 aromatic rings. The Labute approximate surface area is 177 Å². The van der Waals surface area contributed by atoms with Crippen molar-refractivity contribution >= 4 is 38.3 Å². The highest BCUT2D eigenvalue weighted by molar-refractivity contribution is 9.10. The Kier molecular flexibility index (Phi) is 4.78. The molecule has 1 saturated heterocycles. The Balaban J connectivity index is 1.27. The van der Waals surface area contributed by atoms with Gasteiger partial charge in [-0.25, -0.2) is 0 Å². The maximum Gasteiger partial charge on any atom is 0.292 e. The van der Waals surface area contributed by atoms with Gasteiger partial charge >= 0.3 is 0 Å². The molecule has 5 nitrogen and oxygen atoms in total. The third kappa shape index (κ3) is 3.21. The van der Waals surface area contributed by atoms with Crippen LogP contribution in [0.3, 0.4) is 0 Å². The number of anilines is 1. The Hall–Kier alpha value is -2.41. The van der Waals surface area contributed by atoms with Crippen LogP contribution in [0.5, 0.6) is 5.75 Å². The van der Waals surface area contributed by atoms with Gasteiger partial charge in [0.1, 0.15) is 5.75 Å². The summed E-state index contributed by atoms with van der Waals surface area (Å²) in [5.74, 6) is -0.619. The van der Waals surface area contributed by atoms with Crippen molar-refractivity contribution in [3.05, 3.63) is 70.7 Å². The molecule has 3 aromatic carbocycles. The molecule has 0 atom stereocenters. The lowest BCUT2D eigenvalue weighted by Gasteiger charge is -2.22. The van der Waals surface area contributed by atoms with Crippen LogP contribution in [0, 0.1) is 0 Å². The molecule has 6 heteroatoms. The third-order valence-electron chi connectivity index (χ3n) is 5.34. The minimum Gasteiger partial charge on any atom is -0.494 e. The number of carbonyl (C=O) groups is 1. The van der Waals surface area contributed by atoms with Crippen LogP contribution in [0.2, 0.25) is 0 Å². The number of hydrogen-bond donors (Lipinski definition) is 0. The van der Waals surface area contributed by atoms with Crippen molar-refractivity contribution in [2.75, 3.05) is 31.3 Å². The number of ether oxygens (including phenoxy) is 3. The molecular weight excluding hydrogens is 434 g/mol. The molecule has 0 N–H and O–H groups in total. The van der Waals surface area contributed by atoms with E-state index < -0.39 is 5.79 Å². The number of nitrogens with zero attached hydrogens (tertiary/aromatic N) is 1. The molecule has 29 heavy (non-hydrogen) atoms. The van der Waals surface area contributed by atoms with Crippen molar-refractivity contribution in [2.45, 2.75) is 12.2 Å². The minimum absolute atomic E-state index is 0.159. The van der Waals surface area contributed by atoms with Gasteiger partial charge < -0.3 is 19.1 Å². The smallest absolute Gasteiger partial charge is 0.292 e. The molecule has 0 aliphatic carbocycles. The largest absolute Gasteiger partial charge is 0.494 e. The normalized spacial score (nSPS) is 17.3. The number of benzene rings is 3. The topological polar surface area (TPSA) is 48.0 Å². The fourth-order valence-corrected chi connectivity index (χ4v) is 4.35. The van der Waals surface area contributed by atoms with E-state index in [-0.39, 0.29) is 5.91 Å². The van der Waals surface area contributed by atoms with E-state index in [2.05, 4.69) is 34.1 Å². The van der Waals surface area contributed by atoms with E-state index in [9.17, 15) is 4.79 Å². The number of rotatable bonds is 5. The lowest BCUT2D eigenvalue weighted by atomic mass is 10.1. The quantitative estimate of drug-likeness (QED) is 0.528. The van der Waals surface area contributed by atoms with E-state index >= 15 is 0 Å². The number of hydrogen-bond acceptors (Lipinski definition) is 4. The summed E-state index contributed by atoms with van der Waals surface area (Å²) in [4.78, 5) is 14.9. The average Bonchev–Trinajstić information content (AvgIpc) is 3.32. The summed E-state index contributed by atoms with van der Waals surface area (Å²) >= 11 is 3.48. The zero-order valence-electron chi connectivity index (χ0n) is 15.8. The van der Waals surface area contributed by atoms with Gasteiger partial charge in [-0.1, -0.05) is 46.3 Å². The first-order valence-electron chi connectivity index (χ1n) is 9.69. The van der Waals surface area contributed by atoms with Crippen LogP contribution in [0.15, 0.2) is 65.1 Å². The first kappa shape index (κ1) is 18.6. The molecule has 0 aromatic heterocycles. The first-order chi connectivity index (χ1) is 14.2. The van der Waals surface area contributed by atoms with Gasteiger partial charge in [-0.05, 0) is 47.5 Å². The van der Waals surface area contributed by atoms with Crippen LogP contribution in [0.4, 0.5) is 5.69 Å². The van der Waals surface area contributed by atoms with Crippen LogP contribution in [-0.2, 0) is 20.1 Å². The highest BCUT2D eigenvalue weighted by Crippen LogP contribution is 2.46. The van der Waals surface area contributed by atoms with E-state index in [4.69, 9.17) is 14.2 Å². The maximum absolute atomic E-state index is 13.1. The van der Waals surface area contributed by atoms with Crippen molar-refractivity contribution in [3.63, 3.8) is 0 Å². The summed E-state index contributed by atoms with van der Waals surface area (Å²) < 4.78 is 18.4. The second-order valence-corrected chi connectivity index (χ2v) is 8.06. The van der Waals surface area contributed by atoms with Gasteiger partial charge in [-0.2, -0.15) is 0 Å². The standard InChI is InChI=1S/C23H20BrNO4/c24-18-7-9-21-20(15-18)23(28-12-13-29-23)22(26)25(21)10-3-11-27-19-8-6-16-4-1-2-5-17(16)14-19/h1-2,4-9,14-15H,3,10-13H2. The summed E-state index contributed by atoms with van der Waals surface area (Å²) in [5.41, 5.74) is 1.61. The van der Waals surface area contributed by atoms with Gasteiger partial charge in [-0.15, -0.1) is 0 Å². The summed E-state index contributed by atoms with van der Waals surface area (Å²) in [6, 6.07) is 20.0. The first-order valence-corrected chi connectivity index (χ1v) is 10.5. The highest BCUT2D eigenvalue weighted by Gasteiger charge is 2.55. The van der Waals surface area contributed by atoms with Crippen LogP contribution in [0.1, 0.15) is 12.0 Å². The molecular formula is C23H20BrNO4. The Morgan fingerprint density at radius 3 is 2.62 bits per heavy atom. The van der Waals surface area contributed by atoms with Crippen molar-refractivity contribution < 1.29 is 19.0 Å². The van der Waals surface area contributed by atoms with Gasteiger partial charge in [0.15, 0.2) is 0 Å². The van der Waals surface area contributed by atoms with Gasteiger partial charge in [-0.3, -0.25) is 4.79 Å². The number of amides is 1. The second-order valence-electron chi connectivity index (χ2n) is 7.14. The van der Waals surface area contributed by atoms with Crippen LogP contribution in [-0.4, -0.2) is 32.3 Å². The zero-order chi connectivity index (χ0) is 19.8. The number of halogens is 1. The fraction of sp³-hybridized carbons (Fsp3) is 0.261. The summed E-state index contributed by atoms with van der Waals surface area (Å²) in [5, 5.41) is 2.34. The summed E-state index contributed by atoms with van der Waals surface area (Å²) in [6.07, 6.45) is 0.699. The molecule has 2 aliphatic rings. The van der Waals surface area contributed by atoms with E-state index in [1.165, 1.54) is 5.39 Å². The predicted octanol–water partition coefficient (Wildman–Crippen LogP) is 4.62. The molecule has 2 aliphatic heterocycles. The predicted molar refractivity (Wildman–Crippen MR) is 114 cm³/mol. The average molecular weight is 454 g/mol. The van der Waals surface area contributed by atoms with Crippen LogP contribution >= 0.6 is 15.9 Å². The Morgan fingerprint density at radius 2 is 1.79 bits per heavy atom. The van der Waals surface area contributed by atoms with E-state index in [1.54, 1.807) is 4.90 Å². The molecule has 5 rings (SSSR count). The molecule has 2 heterocycles. The van der Waals surface area contributed by atoms with Crippen molar-refractivity contribution in [2.24, 2.45) is 0 Å². The van der Waals surface area contributed by atoms with Gasteiger partial charge in [0.05, 0.1) is 25.5 Å². The van der Waals surface area contributed by atoms with Gasteiger partial charge in [0.2, 0.25) is 0 Å². The van der Waals surface area contributed by atoms with E-state index in [0.29, 0.717) is 32.8 Å².